The van der Waals surface area contributed by atoms with Gasteiger partial charge in [-0.15, -0.1) is 0 Å². The van der Waals surface area contributed by atoms with Crippen LogP contribution in [0.25, 0.3) is 105 Å². The predicted molar refractivity (Wildman–Crippen MR) is 219 cm³/mol. The highest BCUT2D eigenvalue weighted by Crippen LogP contribution is 2.47. The van der Waals surface area contributed by atoms with Gasteiger partial charge in [0.05, 0.1) is 16.7 Å². The molecule has 0 spiro atoms. The Morgan fingerprint density at radius 2 is 0.882 bits per heavy atom. The molecule has 238 valence electrons. The Morgan fingerprint density at radius 3 is 1.55 bits per heavy atom. The number of para-hydroxylation sites is 1. The Morgan fingerprint density at radius 1 is 0.373 bits per heavy atom. The minimum atomic E-state index is 1.05. The first-order valence-electron chi connectivity index (χ1n) is 18.0. The second kappa shape index (κ2) is 11.0. The van der Waals surface area contributed by atoms with Crippen LogP contribution in [-0.4, -0.2) is 4.57 Å². The molecule has 0 unspecified atom stereocenters. The van der Waals surface area contributed by atoms with E-state index in [2.05, 4.69) is 181 Å². The van der Waals surface area contributed by atoms with Crippen molar-refractivity contribution < 1.29 is 0 Å². The van der Waals surface area contributed by atoms with Gasteiger partial charge in [0.2, 0.25) is 0 Å². The minimum Gasteiger partial charge on any atom is -0.307 e. The highest BCUT2D eigenvalue weighted by atomic mass is 15.0. The summed E-state index contributed by atoms with van der Waals surface area (Å²) in [6.07, 6.45) is 7.08. The lowest BCUT2D eigenvalue weighted by Crippen LogP contribution is -2.29. The summed E-state index contributed by atoms with van der Waals surface area (Å²) in [5.74, 6) is 0. The molecule has 0 N–H and O–H groups in total. The van der Waals surface area contributed by atoms with E-state index in [1.54, 1.807) is 0 Å². The number of hydrogen-bond donors (Lipinski definition) is 0. The molecule has 0 fully saturated rings. The molecule has 0 atom stereocenters. The van der Waals surface area contributed by atoms with Gasteiger partial charge in [-0.25, -0.2) is 0 Å². The zero-order chi connectivity index (χ0) is 33.5. The lowest BCUT2D eigenvalue weighted by Gasteiger charge is -2.20. The van der Waals surface area contributed by atoms with E-state index in [9.17, 15) is 0 Å². The molecular formula is C50H33N. The van der Waals surface area contributed by atoms with Crippen molar-refractivity contribution in [3.8, 4) is 27.9 Å². The molecule has 11 rings (SSSR count). The molecule has 51 heavy (non-hydrogen) atoms. The van der Waals surface area contributed by atoms with Gasteiger partial charge in [-0.2, -0.15) is 0 Å². The van der Waals surface area contributed by atoms with Crippen molar-refractivity contribution >= 4 is 77.0 Å². The lowest BCUT2D eigenvalue weighted by atomic mass is 9.88. The standard InChI is InChI=1S/C50H33N/c1-3-17-32(18-4-1)43-31-44-35-22-8-12-26-39(35)50-48(47(44)36-23-9-7-21-34(36)43)42-29-15-16-30-45(42)51(50)49-40-27-13-10-24-37(40)46(33-19-5-2-6-20-33)38-25-11-14-28-41(38)49/h1-6,8,10-31H,7,9H2. The highest BCUT2D eigenvalue weighted by Gasteiger charge is 2.24. The summed E-state index contributed by atoms with van der Waals surface area (Å²) in [4.78, 5) is 0. The maximum atomic E-state index is 2.61. The van der Waals surface area contributed by atoms with E-state index in [0.717, 1.165) is 12.8 Å². The first kappa shape index (κ1) is 28.4. The number of fused-ring (bicyclic) bond motifs is 12. The van der Waals surface area contributed by atoms with E-state index < -0.39 is 0 Å². The normalized spacial score (nSPS) is 12.9. The van der Waals surface area contributed by atoms with E-state index >= 15 is 0 Å². The summed E-state index contributed by atoms with van der Waals surface area (Å²) in [7, 11) is 0. The lowest BCUT2D eigenvalue weighted by molar-refractivity contribution is 1.12. The monoisotopic (exact) mass is 647 g/mol. The second-order valence-electron chi connectivity index (χ2n) is 13.8. The molecule has 0 amide bonds. The van der Waals surface area contributed by atoms with Gasteiger partial charge in [-0.05, 0) is 84.6 Å². The van der Waals surface area contributed by atoms with Crippen molar-refractivity contribution in [2.45, 2.75) is 12.8 Å². The molecule has 1 aliphatic carbocycles. The van der Waals surface area contributed by atoms with Crippen molar-refractivity contribution in [3.05, 3.63) is 174 Å². The van der Waals surface area contributed by atoms with Crippen LogP contribution in [0.1, 0.15) is 12.8 Å². The van der Waals surface area contributed by atoms with Crippen LogP contribution in [-0.2, 0) is 0 Å². The van der Waals surface area contributed by atoms with Gasteiger partial charge in [0.1, 0.15) is 0 Å². The third-order valence-corrected chi connectivity index (χ3v) is 11.1. The number of benzene rings is 9. The van der Waals surface area contributed by atoms with Crippen LogP contribution in [0, 0.1) is 0 Å². The van der Waals surface area contributed by atoms with Gasteiger partial charge in [-0.1, -0.05) is 164 Å². The smallest absolute Gasteiger partial charge is 0.0626 e. The second-order valence-corrected chi connectivity index (χ2v) is 13.8. The summed E-state index contributed by atoms with van der Waals surface area (Å²) < 4.78 is 2.61. The topological polar surface area (TPSA) is 4.93 Å². The molecule has 0 aliphatic heterocycles. The molecule has 0 saturated carbocycles. The zero-order valence-electron chi connectivity index (χ0n) is 28.1. The van der Waals surface area contributed by atoms with Gasteiger partial charge in [0.15, 0.2) is 0 Å². The first-order chi connectivity index (χ1) is 25.4. The molecule has 1 nitrogen and oxygen atoms in total. The van der Waals surface area contributed by atoms with Crippen LogP contribution in [0.3, 0.4) is 0 Å². The molecule has 1 heteroatoms. The first-order valence-corrected chi connectivity index (χ1v) is 18.0. The Hall–Kier alpha value is -6.44. The van der Waals surface area contributed by atoms with Crippen LogP contribution in [0.5, 0.6) is 0 Å². The minimum absolute atomic E-state index is 1.05. The van der Waals surface area contributed by atoms with Crippen molar-refractivity contribution in [3.63, 3.8) is 0 Å². The van der Waals surface area contributed by atoms with Gasteiger partial charge in [-0.3, -0.25) is 0 Å². The summed E-state index contributed by atoms with van der Waals surface area (Å²) in [6, 6.07) is 60.5. The molecule has 10 aromatic rings. The van der Waals surface area contributed by atoms with Gasteiger partial charge in [0, 0.05) is 26.9 Å². The summed E-state index contributed by atoms with van der Waals surface area (Å²) in [6.45, 7) is 0. The summed E-state index contributed by atoms with van der Waals surface area (Å²) in [5.41, 5.74) is 8.85. The van der Waals surface area contributed by atoms with Crippen molar-refractivity contribution in [1.82, 2.24) is 4.57 Å². The number of hydrogen-bond acceptors (Lipinski definition) is 0. The highest BCUT2D eigenvalue weighted by molar-refractivity contribution is 6.33. The Balaban J connectivity index is 1.41. The SMILES string of the molecule is C1=c2c(-c3ccccc3)cc3c4ccccc4c4c(c5ccccc5n4-c4c5ccccc5c(-c5ccccc5)c5ccccc45)c3c2=CCC1. The molecule has 0 bridgehead atoms. The Labute approximate surface area is 295 Å². The fraction of sp³-hybridized carbons (Fsp3) is 0.0400. The molecule has 9 aromatic carbocycles. The average Bonchev–Trinajstić information content (AvgIpc) is 3.55. The number of rotatable bonds is 3. The van der Waals surface area contributed by atoms with Gasteiger partial charge in [0.25, 0.3) is 0 Å². The Bertz CT molecular complexity index is 3110. The molecule has 1 aliphatic rings. The third kappa shape index (κ3) is 4.03. The van der Waals surface area contributed by atoms with E-state index in [0.29, 0.717) is 0 Å². The maximum Gasteiger partial charge on any atom is 0.0626 e. The van der Waals surface area contributed by atoms with Gasteiger partial charge >= 0.3 is 0 Å². The van der Waals surface area contributed by atoms with Crippen LogP contribution in [0.15, 0.2) is 164 Å². The fourth-order valence-corrected chi connectivity index (χ4v) is 9.11. The van der Waals surface area contributed by atoms with Crippen molar-refractivity contribution in [1.29, 1.82) is 0 Å². The molecular weight excluding hydrogens is 615 g/mol. The van der Waals surface area contributed by atoms with Crippen LogP contribution < -0.4 is 10.4 Å². The maximum absolute atomic E-state index is 2.61. The van der Waals surface area contributed by atoms with Crippen LogP contribution in [0.2, 0.25) is 0 Å². The van der Waals surface area contributed by atoms with Crippen molar-refractivity contribution in [2.75, 3.05) is 0 Å². The quantitative estimate of drug-likeness (QED) is 0.133. The summed E-state index contributed by atoms with van der Waals surface area (Å²) >= 11 is 0. The fourth-order valence-electron chi connectivity index (χ4n) is 9.11. The van der Waals surface area contributed by atoms with E-state index in [-0.39, 0.29) is 0 Å². The Kier molecular flexibility index (Phi) is 6.15. The molecule has 0 radical (unpaired) electrons. The van der Waals surface area contributed by atoms with Crippen molar-refractivity contribution in [2.24, 2.45) is 0 Å². The molecule has 1 heterocycles. The number of nitrogens with zero attached hydrogens (tertiary/aromatic N) is 1. The third-order valence-electron chi connectivity index (χ3n) is 11.1. The van der Waals surface area contributed by atoms with E-state index in [1.165, 1.54) is 103 Å². The molecule has 0 saturated heterocycles. The van der Waals surface area contributed by atoms with E-state index in [4.69, 9.17) is 0 Å². The summed E-state index contributed by atoms with van der Waals surface area (Å²) in [5, 5.41) is 15.6. The number of aromatic nitrogens is 1. The molecule has 1 aromatic heterocycles. The van der Waals surface area contributed by atoms with Crippen LogP contribution >= 0.6 is 0 Å². The predicted octanol–water partition coefficient (Wildman–Crippen LogP) is 12.1. The van der Waals surface area contributed by atoms with Crippen LogP contribution in [0.4, 0.5) is 0 Å². The van der Waals surface area contributed by atoms with Gasteiger partial charge < -0.3 is 4.57 Å². The zero-order valence-corrected chi connectivity index (χ0v) is 28.1. The largest absolute Gasteiger partial charge is 0.307 e. The average molecular weight is 648 g/mol. The van der Waals surface area contributed by atoms with E-state index in [1.807, 2.05) is 0 Å².